The van der Waals surface area contributed by atoms with E-state index in [0.717, 1.165) is 30.8 Å². The van der Waals surface area contributed by atoms with E-state index in [2.05, 4.69) is 13.8 Å². The summed E-state index contributed by atoms with van der Waals surface area (Å²) in [5.74, 6) is -0.527. The molecule has 0 bridgehead atoms. The molecule has 1 fully saturated rings. The Morgan fingerprint density at radius 2 is 1.90 bits per heavy atom. The first-order valence-electron chi connectivity index (χ1n) is 7.28. The predicted molar refractivity (Wildman–Crippen MR) is 83.5 cm³/mol. The summed E-state index contributed by atoms with van der Waals surface area (Å²) < 4.78 is 5.18. The van der Waals surface area contributed by atoms with E-state index in [-0.39, 0.29) is 12.5 Å². The van der Waals surface area contributed by atoms with Gasteiger partial charge in [-0.25, -0.2) is 4.79 Å². The van der Waals surface area contributed by atoms with E-state index >= 15 is 0 Å². The summed E-state index contributed by atoms with van der Waals surface area (Å²) >= 11 is 1.62. The maximum atomic E-state index is 12.2. The molecule has 114 valence electrons. The molecular formula is C16H21NO3S. The van der Waals surface area contributed by atoms with Crippen LogP contribution in [0.15, 0.2) is 29.2 Å². The minimum atomic E-state index is -0.425. The molecule has 1 aromatic rings. The molecule has 1 aliphatic rings. The lowest BCUT2D eigenvalue weighted by atomic mass is 10.2. The number of carbonyl (C=O) groups is 2. The number of carbonyl (C=O) groups excluding carboxylic acids is 2. The Bertz CT molecular complexity index is 510. The van der Waals surface area contributed by atoms with E-state index in [9.17, 15) is 9.59 Å². The second kappa shape index (κ2) is 7.50. The lowest BCUT2D eigenvalue weighted by Gasteiger charge is -2.15. The van der Waals surface area contributed by atoms with Crippen molar-refractivity contribution in [2.45, 2.75) is 36.8 Å². The van der Waals surface area contributed by atoms with Gasteiger partial charge in [0, 0.05) is 23.2 Å². The number of esters is 1. The first-order chi connectivity index (χ1) is 10.1. The Balaban J connectivity index is 1.95. The Hall–Kier alpha value is -1.49. The van der Waals surface area contributed by atoms with Crippen molar-refractivity contribution >= 4 is 23.6 Å². The second-order valence-electron chi connectivity index (χ2n) is 5.33. The van der Waals surface area contributed by atoms with Gasteiger partial charge in [0.1, 0.15) is 0 Å². The van der Waals surface area contributed by atoms with Gasteiger partial charge in [0.15, 0.2) is 6.61 Å². The molecule has 1 amide bonds. The Morgan fingerprint density at radius 1 is 1.24 bits per heavy atom. The van der Waals surface area contributed by atoms with E-state index in [4.69, 9.17) is 4.74 Å². The van der Waals surface area contributed by atoms with Crippen LogP contribution in [0.4, 0.5) is 0 Å². The van der Waals surface area contributed by atoms with E-state index in [0.29, 0.717) is 10.8 Å². The molecule has 0 aliphatic carbocycles. The van der Waals surface area contributed by atoms with E-state index < -0.39 is 5.97 Å². The van der Waals surface area contributed by atoms with Crippen LogP contribution in [-0.2, 0) is 9.53 Å². The average molecular weight is 307 g/mol. The van der Waals surface area contributed by atoms with Gasteiger partial charge in [0.05, 0.1) is 5.56 Å². The van der Waals surface area contributed by atoms with E-state index in [1.54, 1.807) is 22.7 Å². The lowest BCUT2D eigenvalue weighted by molar-refractivity contribution is -0.133. The zero-order chi connectivity index (χ0) is 15.2. The number of ether oxygens (including phenoxy) is 1. The van der Waals surface area contributed by atoms with Crippen molar-refractivity contribution in [1.29, 1.82) is 0 Å². The Labute approximate surface area is 129 Å². The number of likely N-dealkylation sites (tertiary alicyclic amines) is 1. The zero-order valence-electron chi connectivity index (χ0n) is 12.5. The minimum Gasteiger partial charge on any atom is -0.452 e. The summed E-state index contributed by atoms with van der Waals surface area (Å²) in [7, 11) is 0. The molecule has 5 heteroatoms. The number of hydrogen-bond acceptors (Lipinski definition) is 4. The van der Waals surface area contributed by atoms with Gasteiger partial charge in [-0.15, -0.1) is 11.8 Å². The molecule has 2 rings (SSSR count). The van der Waals surface area contributed by atoms with Crippen LogP contribution in [0.25, 0.3) is 0 Å². The minimum absolute atomic E-state index is 0.102. The van der Waals surface area contributed by atoms with Gasteiger partial charge in [-0.1, -0.05) is 26.0 Å². The monoisotopic (exact) mass is 307 g/mol. The molecule has 0 saturated carbocycles. The Morgan fingerprint density at radius 3 is 2.57 bits per heavy atom. The van der Waals surface area contributed by atoms with Gasteiger partial charge in [0.25, 0.3) is 5.91 Å². The van der Waals surface area contributed by atoms with Crippen LogP contribution in [0.2, 0.25) is 0 Å². The zero-order valence-corrected chi connectivity index (χ0v) is 13.3. The maximum Gasteiger partial charge on any atom is 0.339 e. The molecular weight excluding hydrogens is 286 g/mol. The van der Waals surface area contributed by atoms with E-state index in [1.165, 1.54) is 0 Å². The summed E-state index contributed by atoms with van der Waals surface area (Å²) in [6, 6.07) is 7.36. The topological polar surface area (TPSA) is 46.6 Å². The van der Waals surface area contributed by atoms with Crippen LogP contribution in [0.5, 0.6) is 0 Å². The van der Waals surface area contributed by atoms with Crippen LogP contribution in [0, 0.1) is 0 Å². The fraction of sp³-hybridized carbons (Fsp3) is 0.500. The number of rotatable bonds is 5. The molecule has 0 unspecified atom stereocenters. The predicted octanol–water partition coefficient (Wildman–Crippen LogP) is 2.97. The quantitative estimate of drug-likeness (QED) is 0.620. The lowest BCUT2D eigenvalue weighted by Crippen LogP contribution is -2.32. The van der Waals surface area contributed by atoms with Crippen molar-refractivity contribution in [3.8, 4) is 0 Å². The van der Waals surface area contributed by atoms with Crippen molar-refractivity contribution in [2.75, 3.05) is 19.7 Å². The Kier molecular flexibility index (Phi) is 5.67. The summed E-state index contributed by atoms with van der Waals surface area (Å²) in [5.41, 5.74) is 0.533. The SMILES string of the molecule is CC(C)Sc1ccccc1C(=O)OCC(=O)N1CCCC1. The third-order valence-corrected chi connectivity index (χ3v) is 4.34. The molecule has 0 spiro atoms. The van der Waals surface area contributed by atoms with Gasteiger partial charge in [-0.05, 0) is 25.0 Å². The average Bonchev–Trinajstić information content (AvgIpc) is 2.98. The molecule has 0 radical (unpaired) electrons. The molecule has 0 aromatic heterocycles. The third-order valence-electron chi connectivity index (χ3n) is 3.26. The maximum absolute atomic E-state index is 12.2. The van der Waals surface area contributed by atoms with Gasteiger partial charge < -0.3 is 9.64 Å². The first kappa shape index (κ1) is 15.9. The highest BCUT2D eigenvalue weighted by atomic mass is 32.2. The highest BCUT2D eigenvalue weighted by Crippen LogP contribution is 2.27. The number of hydrogen-bond donors (Lipinski definition) is 0. The highest BCUT2D eigenvalue weighted by molar-refractivity contribution is 8.00. The highest BCUT2D eigenvalue weighted by Gasteiger charge is 2.20. The van der Waals surface area contributed by atoms with Crippen molar-refractivity contribution in [1.82, 2.24) is 4.90 Å². The second-order valence-corrected chi connectivity index (χ2v) is 6.95. The summed E-state index contributed by atoms with van der Waals surface area (Å²) in [6.07, 6.45) is 2.07. The van der Waals surface area contributed by atoms with Crippen LogP contribution < -0.4 is 0 Å². The number of thioether (sulfide) groups is 1. The standard InChI is InChI=1S/C16H21NO3S/c1-12(2)21-14-8-4-3-7-13(14)16(19)20-11-15(18)17-9-5-6-10-17/h3-4,7-8,12H,5-6,9-11H2,1-2H3. The van der Waals surface area contributed by atoms with Crippen LogP contribution in [0.1, 0.15) is 37.0 Å². The van der Waals surface area contributed by atoms with Gasteiger partial charge >= 0.3 is 5.97 Å². The fourth-order valence-electron chi connectivity index (χ4n) is 2.25. The summed E-state index contributed by atoms with van der Waals surface area (Å²) in [5, 5.41) is 0.380. The third kappa shape index (κ3) is 4.49. The normalized spacial score (nSPS) is 14.5. The molecule has 21 heavy (non-hydrogen) atoms. The number of benzene rings is 1. The van der Waals surface area contributed by atoms with Crippen molar-refractivity contribution in [3.63, 3.8) is 0 Å². The summed E-state index contributed by atoms with van der Waals surface area (Å²) in [6.45, 7) is 5.53. The van der Waals surface area contributed by atoms with Crippen LogP contribution >= 0.6 is 11.8 Å². The largest absolute Gasteiger partial charge is 0.452 e. The van der Waals surface area contributed by atoms with Crippen molar-refractivity contribution in [3.05, 3.63) is 29.8 Å². The molecule has 1 saturated heterocycles. The molecule has 4 nitrogen and oxygen atoms in total. The smallest absolute Gasteiger partial charge is 0.339 e. The van der Waals surface area contributed by atoms with Gasteiger partial charge in [-0.2, -0.15) is 0 Å². The van der Waals surface area contributed by atoms with Gasteiger partial charge in [-0.3, -0.25) is 4.79 Å². The van der Waals surface area contributed by atoms with Gasteiger partial charge in [0.2, 0.25) is 0 Å². The van der Waals surface area contributed by atoms with E-state index in [1.807, 2.05) is 18.2 Å². The number of nitrogens with zero attached hydrogens (tertiary/aromatic N) is 1. The molecule has 0 N–H and O–H groups in total. The van der Waals surface area contributed by atoms with Crippen LogP contribution in [-0.4, -0.2) is 41.7 Å². The summed E-state index contributed by atoms with van der Waals surface area (Å²) in [4.78, 5) is 26.7. The van der Waals surface area contributed by atoms with Crippen LogP contribution in [0.3, 0.4) is 0 Å². The molecule has 0 atom stereocenters. The molecule has 1 aromatic carbocycles. The van der Waals surface area contributed by atoms with Crippen molar-refractivity contribution < 1.29 is 14.3 Å². The fourth-order valence-corrected chi connectivity index (χ4v) is 3.20. The number of amides is 1. The molecule has 1 aliphatic heterocycles. The van der Waals surface area contributed by atoms with Crippen molar-refractivity contribution in [2.24, 2.45) is 0 Å². The molecule has 1 heterocycles. The first-order valence-corrected chi connectivity index (χ1v) is 8.16.